The summed E-state index contributed by atoms with van der Waals surface area (Å²) >= 11 is 0. The number of carbonyl (C=O) groups excluding carboxylic acids is 1. The molecule has 2 aliphatic rings. The van der Waals surface area contributed by atoms with Gasteiger partial charge in [0.05, 0.1) is 6.04 Å². The van der Waals surface area contributed by atoms with Gasteiger partial charge in [0.2, 0.25) is 11.9 Å². The molecule has 3 rings (SSSR count). The first-order valence-electron chi connectivity index (χ1n) is 6.14. The molecular formula is C11H17N5O. The number of fused-ring (bicyclic) bond motifs is 1. The van der Waals surface area contributed by atoms with Crippen molar-refractivity contribution in [1.82, 2.24) is 20.1 Å². The smallest absolute Gasteiger partial charge is 0.244 e. The molecule has 2 fully saturated rings. The monoisotopic (exact) mass is 235 g/mol. The zero-order valence-electron chi connectivity index (χ0n) is 9.89. The Kier molecular flexibility index (Phi) is 2.58. The van der Waals surface area contributed by atoms with Crippen LogP contribution in [-0.2, 0) is 11.8 Å². The van der Waals surface area contributed by atoms with E-state index in [4.69, 9.17) is 0 Å². The Bertz CT molecular complexity index is 429. The summed E-state index contributed by atoms with van der Waals surface area (Å²) in [5.41, 5.74) is 0. The van der Waals surface area contributed by atoms with Crippen molar-refractivity contribution in [3.05, 3.63) is 6.33 Å². The number of carbonyl (C=O) groups is 1. The van der Waals surface area contributed by atoms with Crippen LogP contribution in [-0.4, -0.2) is 33.3 Å². The molecule has 0 spiro atoms. The fourth-order valence-electron chi connectivity index (χ4n) is 3.07. The lowest BCUT2D eigenvalue weighted by Gasteiger charge is -2.17. The van der Waals surface area contributed by atoms with Gasteiger partial charge < -0.3 is 5.32 Å². The minimum Gasteiger partial charge on any atom is -0.305 e. The number of aryl methyl sites for hydroxylation is 1. The third-order valence-electron chi connectivity index (χ3n) is 3.97. The standard InChI is InChI=1S/C11H17N5O/c1-16-11(13-6-14-16)15-10(17)9-8-4-2-3-7(8)5-12-9/h6-9,12H,2-5H2,1H3,(H,13,14,15,17). The van der Waals surface area contributed by atoms with Crippen LogP contribution in [0.3, 0.4) is 0 Å². The molecule has 2 heterocycles. The van der Waals surface area contributed by atoms with Crippen molar-refractivity contribution < 1.29 is 4.79 Å². The molecule has 1 aliphatic heterocycles. The van der Waals surface area contributed by atoms with Gasteiger partial charge in [-0.05, 0) is 31.2 Å². The van der Waals surface area contributed by atoms with E-state index in [0.717, 1.165) is 13.0 Å². The van der Waals surface area contributed by atoms with E-state index < -0.39 is 0 Å². The molecule has 2 N–H and O–H groups in total. The summed E-state index contributed by atoms with van der Waals surface area (Å²) in [4.78, 5) is 16.2. The summed E-state index contributed by atoms with van der Waals surface area (Å²) in [5.74, 6) is 1.72. The van der Waals surface area contributed by atoms with Crippen LogP contribution in [0.4, 0.5) is 5.95 Å². The Hall–Kier alpha value is -1.43. The minimum absolute atomic E-state index is 0.0236. The zero-order chi connectivity index (χ0) is 11.8. The largest absolute Gasteiger partial charge is 0.305 e. The number of hydrogen-bond acceptors (Lipinski definition) is 4. The van der Waals surface area contributed by atoms with Gasteiger partial charge in [0.25, 0.3) is 0 Å². The molecule has 92 valence electrons. The average molecular weight is 235 g/mol. The fourth-order valence-corrected chi connectivity index (χ4v) is 3.07. The van der Waals surface area contributed by atoms with E-state index in [1.807, 2.05) is 0 Å². The van der Waals surface area contributed by atoms with Crippen molar-refractivity contribution >= 4 is 11.9 Å². The second-order valence-electron chi connectivity index (χ2n) is 4.94. The molecule has 1 saturated heterocycles. The summed E-state index contributed by atoms with van der Waals surface area (Å²) in [5, 5.41) is 10.1. The molecule has 1 amide bonds. The molecule has 1 aliphatic carbocycles. The van der Waals surface area contributed by atoms with Gasteiger partial charge in [0.1, 0.15) is 6.33 Å². The first-order chi connectivity index (χ1) is 8.25. The molecule has 0 radical (unpaired) electrons. The van der Waals surface area contributed by atoms with Crippen LogP contribution in [0.15, 0.2) is 6.33 Å². The second kappa shape index (κ2) is 4.10. The highest BCUT2D eigenvalue weighted by molar-refractivity contribution is 5.94. The van der Waals surface area contributed by atoms with Crippen LogP contribution in [0.1, 0.15) is 19.3 Å². The van der Waals surface area contributed by atoms with Gasteiger partial charge in [0, 0.05) is 7.05 Å². The van der Waals surface area contributed by atoms with Crippen molar-refractivity contribution in [3.63, 3.8) is 0 Å². The van der Waals surface area contributed by atoms with E-state index in [-0.39, 0.29) is 11.9 Å². The maximum Gasteiger partial charge on any atom is 0.244 e. The molecule has 0 aromatic carbocycles. The first-order valence-corrected chi connectivity index (χ1v) is 6.14. The van der Waals surface area contributed by atoms with Gasteiger partial charge in [-0.15, -0.1) is 0 Å². The maximum absolute atomic E-state index is 12.2. The number of anilines is 1. The van der Waals surface area contributed by atoms with Gasteiger partial charge in [0.15, 0.2) is 0 Å². The Morgan fingerprint density at radius 1 is 1.59 bits per heavy atom. The summed E-state index contributed by atoms with van der Waals surface area (Å²) in [6.45, 7) is 0.974. The third-order valence-corrected chi connectivity index (χ3v) is 3.97. The van der Waals surface area contributed by atoms with Crippen molar-refractivity contribution in [2.75, 3.05) is 11.9 Å². The van der Waals surface area contributed by atoms with Crippen LogP contribution in [0, 0.1) is 11.8 Å². The first kappa shape index (κ1) is 10.7. The average Bonchev–Trinajstić information content (AvgIpc) is 2.94. The lowest BCUT2D eigenvalue weighted by molar-refractivity contribution is -0.118. The van der Waals surface area contributed by atoms with Gasteiger partial charge in [-0.25, -0.2) is 4.68 Å². The normalized spacial score (nSPS) is 31.5. The van der Waals surface area contributed by atoms with Crippen molar-refractivity contribution in [1.29, 1.82) is 0 Å². The molecule has 6 nitrogen and oxygen atoms in total. The number of nitrogens with zero attached hydrogens (tertiary/aromatic N) is 3. The number of aromatic nitrogens is 3. The minimum atomic E-state index is -0.0563. The molecule has 3 unspecified atom stereocenters. The quantitative estimate of drug-likeness (QED) is 0.765. The van der Waals surface area contributed by atoms with E-state index in [0.29, 0.717) is 17.8 Å². The summed E-state index contributed by atoms with van der Waals surface area (Å²) in [6.07, 6.45) is 5.11. The van der Waals surface area contributed by atoms with Crippen LogP contribution in [0.25, 0.3) is 0 Å². The molecule has 0 bridgehead atoms. The molecular weight excluding hydrogens is 218 g/mol. The van der Waals surface area contributed by atoms with Gasteiger partial charge in [-0.2, -0.15) is 10.1 Å². The van der Waals surface area contributed by atoms with E-state index in [9.17, 15) is 4.79 Å². The Balaban J connectivity index is 1.69. The topological polar surface area (TPSA) is 71.8 Å². The summed E-state index contributed by atoms with van der Waals surface area (Å²) in [7, 11) is 1.77. The van der Waals surface area contributed by atoms with Crippen molar-refractivity contribution in [2.45, 2.75) is 25.3 Å². The van der Waals surface area contributed by atoms with Crippen LogP contribution in [0.2, 0.25) is 0 Å². The van der Waals surface area contributed by atoms with Crippen molar-refractivity contribution in [2.24, 2.45) is 18.9 Å². The summed E-state index contributed by atoms with van der Waals surface area (Å²) < 4.78 is 1.57. The van der Waals surface area contributed by atoms with Gasteiger partial charge in [-0.1, -0.05) is 6.42 Å². The van der Waals surface area contributed by atoms with Crippen LogP contribution in [0.5, 0.6) is 0 Å². The predicted octanol–water partition coefficient (Wildman–Crippen LogP) is 0.142. The number of hydrogen-bond donors (Lipinski definition) is 2. The number of nitrogens with one attached hydrogen (secondary N) is 2. The molecule has 1 saturated carbocycles. The molecule has 1 aromatic rings. The Morgan fingerprint density at radius 3 is 3.24 bits per heavy atom. The van der Waals surface area contributed by atoms with Gasteiger partial charge in [-0.3, -0.25) is 10.1 Å². The highest BCUT2D eigenvalue weighted by atomic mass is 16.2. The number of amides is 1. The molecule has 17 heavy (non-hydrogen) atoms. The van der Waals surface area contributed by atoms with Crippen LogP contribution < -0.4 is 10.6 Å². The molecule has 1 aromatic heterocycles. The van der Waals surface area contributed by atoms with E-state index >= 15 is 0 Å². The SMILES string of the molecule is Cn1ncnc1NC(=O)C1NCC2CCCC21. The Labute approximate surface area is 99.8 Å². The highest BCUT2D eigenvalue weighted by Gasteiger charge is 2.42. The van der Waals surface area contributed by atoms with Crippen LogP contribution >= 0.6 is 0 Å². The van der Waals surface area contributed by atoms with E-state index in [1.54, 1.807) is 11.7 Å². The van der Waals surface area contributed by atoms with E-state index in [1.165, 1.54) is 19.2 Å². The maximum atomic E-state index is 12.2. The Morgan fingerprint density at radius 2 is 2.47 bits per heavy atom. The lowest BCUT2D eigenvalue weighted by atomic mass is 9.94. The second-order valence-corrected chi connectivity index (χ2v) is 4.94. The zero-order valence-corrected chi connectivity index (χ0v) is 9.89. The lowest BCUT2D eigenvalue weighted by Crippen LogP contribution is -2.40. The predicted molar refractivity (Wildman–Crippen MR) is 62.3 cm³/mol. The third kappa shape index (κ3) is 1.82. The highest BCUT2D eigenvalue weighted by Crippen LogP contribution is 2.37. The van der Waals surface area contributed by atoms with Gasteiger partial charge >= 0.3 is 0 Å². The van der Waals surface area contributed by atoms with Crippen molar-refractivity contribution in [3.8, 4) is 0 Å². The molecule has 3 atom stereocenters. The summed E-state index contributed by atoms with van der Waals surface area (Å²) in [6, 6.07) is -0.0563. The van der Waals surface area contributed by atoms with E-state index in [2.05, 4.69) is 20.7 Å². The fraction of sp³-hybridized carbons (Fsp3) is 0.727. The molecule has 6 heteroatoms. The number of rotatable bonds is 2.